The van der Waals surface area contributed by atoms with Gasteiger partial charge in [-0.05, 0) is 6.08 Å². The van der Waals surface area contributed by atoms with Gasteiger partial charge in [0.2, 0.25) is 0 Å². The number of hydrazine groups is 1. The molecule has 0 saturated carbocycles. The Labute approximate surface area is 51.4 Å². The summed E-state index contributed by atoms with van der Waals surface area (Å²) >= 11 is 0. The molecule has 1 rings (SSSR count). The quantitative estimate of drug-likeness (QED) is 0.369. The zero-order valence-corrected chi connectivity index (χ0v) is 4.60. The van der Waals surface area contributed by atoms with E-state index in [0.717, 1.165) is 5.01 Å². The largest absolute Gasteiger partial charge is 0.241 e. The highest BCUT2D eigenvalue weighted by atomic mass is 16.7. The van der Waals surface area contributed by atoms with Gasteiger partial charge in [0.15, 0.2) is 11.4 Å². The Kier molecular flexibility index (Phi) is 1.44. The molecule has 0 radical (unpaired) electrons. The maximum absolute atomic E-state index is 9.96. The van der Waals surface area contributed by atoms with Crippen LogP contribution in [-0.2, 0) is 0 Å². The molecule has 0 aromatic rings. The van der Waals surface area contributed by atoms with Crippen molar-refractivity contribution in [2.45, 2.75) is 0 Å². The molecular weight excluding hydrogens is 122 g/mol. The van der Waals surface area contributed by atoms with Crippen molar-refractivity contribution in [3.63, 3.8) is 0 Å². The smallest absolute Gasteiger partial charge is 0.166 e. The fourth-order valence-corrected chi connectivity index (χ4v) is 0.487. The summed E-state index contributed by atoms with van der Waals surface area (Å²) in [6, 6.07) is 0. The van der Waals surface area contributed by atoms with Gasteiger partial charge in [-0.3, -0.25) is 0 Å². The molecule has 0 aromatic carbocycles. The molecule has 0 amide bonds. The first-order valence-electron chi connectivity index (χ1n) is 2.40. The van der Waals surface area contributed by atoms with Gasteiger partial charge in [-0.25, -0.2) is 15.1 Å². The van der Waals surface area contributed by atoms with Crippen LogP contribution in [0.15, 0.2) is 17.3 Å². The molecule has 0 saturated heterocycles. The maximum atomic E-state index is 9.96. The Bertz CT molecular complexity index is 175. The van der Waals surface area contributed by atoms with Gasteiger partial charge in [-0.2, -0.15) is 0 Å². The summed E-state index contributed by atoms with van der Waals surface area (Å²) in [4.78, 5) is 13.5. The van der Waals surface area contributed by atoms with Crippen molar-refractivity contribution in [2.24, 2.45) is 4.99 Å². The standard InChI is InChI=1S/C4H5N3O2/c8-7(9)6-3-1-2-5-4-6/h1-2,4H,3H2. The van der Waals surface area contributed by atoms with E-state index in [9.17, 15) is 10.1 Å². The van der Waals surface area contributed by atoms with Gasteiger partial charge in [-0.15, -0.1) is 0 Å². The van der Waals surface area contributed by atoms with E-state index in [0.29, 0.717) is 6.54 Å². The fraction of sp³-hybridized carbons (Fsp3) is 0.250. The Morgan fingerprint density at radius 1 is 1.78 bits per heavy atom. The predicted octanol–water partition coefficient (Wildman–Crippen LogP) is 0.0357. The van der Waals surface area contributed by atoms with E-state index in [-0.39, 0.29) is 0 Å². The molecule has 0 N–H and O–H groups in total. The lowest BCUT2D eigenvalue weighted by atomic mass is 10.5. The molecule has 5 nitrogen and oxygen atoms in total. The van der Waals surface area contributed by atoms with E-state index < -0.39 is 5.03 Å². The highest BCUT2D eigenvalue weighted by molar-refractivity contribution is 5.55. The van der Waals surface area contributed by atoms with E-state index in [4.69, 9.17) is 0 Å². The van der Waals surface area contributed by atoms with Crippen LogP contribution in [0.1, 0.15) is 0 Å². The van der Waals surface area contributed by atoms with Crippen molar-refractivity contribution in [3.8, 4) is 0 Å². The van der Waals surface area contributed by atoms with Gasteiger partial charge in [0, 0.05) is 6.20 Å². The van der Waals surface area contributed by atoms with Crippen molar-refractivity contribution < 1.29 is 5.03 Å². The number of nitro groups is 1. The third-order valence-electron chi connectivity index (χ3n) is 0.894. The van der Waals surface area contributed by atoms with Gasteiger partial charge in [0.05, 0.1) is 0 Å². The maximum Gasteiger partial charge on any atom is 0.166 e. The first-order valence-corrected chi connectivity index (χ1v) is 2.40. The summed E-state index contributed by atoms with van der Waals surface area (Å²) in [5.74, 6) is 0. The molecule has 1 heterocycles. The molecule has 0 unspecified atom stereocenters. The Morgan fingerprint density at radius 3 is 2.89 bits per heavy atom. The highest BCUT2D eigenvalue weighted by Crippen LogP contribution is 1.91. The molecule has 0 spiro atoms. The molecule has 0 aliphatic carbocycles. The van der Waals surface area contributed by atoms with Crippen LogP contribution >= 0.6 is 0 Å². The second-order valence-corrected chi connectivity index (χ2v) is 1.51. The Morgan fingerprint density at radius 2 is 2.56 bits per heavy atom. The van der Waals surface area contributed by atoms with Gasteiger partial charge in [0.1, 0.15) is 6.54 Å². The van der Waals surface area contributed by atoms with Gasteiger partial charge < -0.3 is 0 Å². The molecule has 1 aliphatic heterocycles. The average molecular weight is 127 g/mol. The van der Waals surface area contributed by atoms with E-state index in [2.05, 4.69) is 4.99 Å². The normalized spacial score (nSPS) is 16.2. The fourth-order valence-electron chi connectivity index (χ4n) is 0.487. The highest BCUT2D eigenvalue weighted by Gasteiger charge is 2.09. The van der Waals surface area contributed by atoms with E-state index in [1.165, 1.54) is 12.5 Å². The number of hydrogen-bond acceptors (Lipinski definition) is 3. The van der Waals surface area contributed by atoms with Crippen molar-refractivity contribution in [1.29, 1.82) is 0 Å². The summed E-state index contributed by atoms with van der Waals surface area (Å²) in [6.45, 7) is 0.302. The SMILES string of the molecule is O=[N+]([O-])N1C=NC=CC1. The minimum Gasteiger partial charge on any atom is -0.241 e. The number of aliphatic imine (C=N–C) groups is 1. The number of rotatable bonds is 1. The van der Waals surface area contributed by atoms with Gasteiger partial charge in [-0.1, -0.05) is 5.01 Å². The molecule has 0 aromatic heterocycles. The molecule has 0 fully saturated rings. The third kappa shape index (κ3) is 1.25. The van der Waals surface area contributed by atoms with Crippen LogP contribution in [-0.4, -0.2) is 22.9 Å². The topological polar surface area (TPSA) is 58.7 Å². The second kappa shape index (κ2) is 2.25. The monoisotopic (exact) mass is 127 g/mol. The molecule has 9 heavy (non-hydrogen) atoms. The van der Waals surface area contributed by atoms with Crippen molar-refractivity contribution in [3.05, 3.63) is 22.4 Å². The van der Waals surface area contributed by atoms with Crippen LogP contribution in [0.4, 0.5) is 0 Å². The number of nitrogens with zero attached hydrogens (tertiary/aromatic N) is 3. The predicted molar refractivity (Wildman–Crippen MR) is 31.3 cm³/mol. The Hall–Kier alpha value is -1.39. The minimum absolute atomic E-state index is 0.302. The van der Waals surface area contributed by atoms with Crippen LogP contribution in [0.5, 0.6) is 0 Å². The molecule has 0 bridgehead atoms. The van der Waals surface area contributed by atoms with Crippen LogP contribution in [0.2, 0.25) is 0 Å². The molecule has 0 atom stereocenters. The summed E-state index contributed by atoms with van der Waals surface area (Å²) < 4.78 is 0. The molecule has 1 aliphatic rings. The second-order valence-electron chi connectivity index (χ2n) is 1.51. The molecular formula is C4H5N3O2. The zero-order chi connectivity index (χ0) is 6.69. The summed E-state index contributed by atoms with van der Waals surface area (Å²) in [7, 11) is 0. The van der Waals surface area contributed by atoms with Crippen LogP contribution in [0, 0.1) is 10.1 Å². The Balaban J connectivity index is 2.56. The van der Waals surface area contributed by atoms with E-state index in [1.54, 1.807) is 6.08 Å². The van der Waals surface area contributed by atoms with Crippen molar-refractivity contribution >= 4 is 6.34 Å². The summed E-state index contributed by atoms with van der Waals surface area (Å²) in [5, 5.41) is 10.4. The lowest BCUT2D eigenvalue weighted by Gasteiger charge is -2.06. The third-order valence-corrected chi connectivity index (χ3v) is 0.894. The first-order chi connectivity index (χ1) is 4.30. The van der Waals surface area contributed by atoms with Crippen LogP contribution in [0.25, 0.3) is 0 Å². The van der Waals surface area contributed by atoms with Crippen LogP contribution < -0.4 is 0 Å². The first kappa shape index (κ1) is 5.74. The van der Waals surface area contributed by atoms with Crippen LogP contribution in [0.3, 0.4) is 0 Å². The average Bonchev–Trinajstić information content (AvgIpc) is 1.90. The molecule has 5 heteroatoms. The molecule has 48 valence electrons. The van der Waals surface area contributed by atoms with Gasteiger partial charge >= 0.3 is 0 Å². The lowest BCUT2D eigenvalue weighted by Crippen LogP contribution is -2.29. The summed E-state index contributed by atoms with van der Waals surface area (Å²) in [5.41, 5.74) is 0. The number of hydrogen-bond donors (Lipinski definition) is 0. The van der Waals surface area contributed by atoms with Gasteiger partial charge in [0.25, 0.3) is 0 Å². The van der Waals surface area contributed by atoms with E-state index >= 15 is 0 Å². The minimum atomic E-state index is -0.507. The lowest BCUT2D eigenvalue weighted by molar-refractivity contribution is -0.625. The van der Waals surface area contributed by atoms with E-state index in [1.807, 2.05) is 0 Å². The van der Waals surface area contributed by atoms with Crippen molar-refractivity contribution in [2.75, 3.05) is 6.54 Å². The summed E-state index contributed by atoms with van der Waals surface area (Å²) in [6.07, 6.45) is 4.32. The van der Waals surface area contributed by atoms with Crippen molar-refractivity contribution in [1.82, 2.24) is 5.01 Å². The zero-order valence-electron chi connectivity index (χ0n) is 4.60.